The third-order valence-electron chi connectivity index (χ3n) is 5.94. The first-order valence-corrected chi connectivity index (χ1v) is 11.0. The van der Waals surface area contributed by atoms with E-state index in [9.17, 15) is 4.39 Å². The van der Waals surface area contributed by atoms with Crippen molar-refractivity contribution in [3.05, 3.63) is 65.5 Å². The monoisotopic (exact) mass is 425 g/mol. The van der Waals surface area contributed by atoms with E-state index in [0.29, 0.717) is 18.6 Å². The van der Waals surface area contributed by atoms with Gasteiger partial charge in [-0.25, -0.2) is 9.38 Å². The van der Waals surface area contributed by atoms with Crippen molar-refractivity contribution in [2.75, 3.05) is 50.8 Å². The van der Waals surface area contributed by atoms with Crippen molar-refractivity contribution in [2.45, 2.75) is 26.1 Å². The van der Waals surface area contributed by atoms with E-state index < -0.39 is 0 Å². The molecular formula is C24H32FN5O. The molecule has 1 atom stereocenters. The van der Waals surface area contributed by atoms with E-state index in [4.69, 9.17) is 10.5 Å². The molecule has 166 valence electrons. The van der Waals surface area contributed by atoms with Crippen LogP contribution in [0.15, 0.2) is 53.5 Å². The number of aliphatic imine (C=N–C) groups is 1. The SMILES string of the molecule is CC1CN(Cc2cccc(CN=C(N)N3CCN(c4ccc(F)cc4)CC3)c2)CCO1. The van der Waals surface area contributed by atoms with Crippen LogP contribution in [0.1, 0.15) is 18.1 Å². The number of hydrogen-bond acceptors (Lipinski definition) is 4. The van der Waals surface area contributed by atoms with Crippen LogP contribution < -0.4 is 10.6 Å². The van der Waals surface area contributed by atoms with Gasteiger partial charge in [0.15, 0.2) is 5.96 Å². The summed E-state index contributed by atoms with van der Waals surface area (Å²) < 4.78 is 18.8. The van der Waals surface area contributed by atoms with Gasteiger partial charge in [0.05, 0.1) is 19.3 Å². The van der Waals surface area contributed by atoms with Gasteiger partial charge in [0.1, 0.15) is 5.82 Å². The zero-order valence-electron chi connectivity index (χ0n) is 18.2. The molecule has 0 aromatic heterocycles. The van der Waals surface area contributed by atoms with Crippen LogP contribution in [-0.2, 0) is 17.8 Å². The predicted molar refractivity (Wildman–Crippen MR) is 123 cm³/mol. The number of guanidine groups is 1. The van der Waals surface area contributed by atoms with Gasteiger partial charge in [-0.15, -0.1) is 0 Å². The fourth-order valence-corrected chi connectivity index (χ4v) is 4.24. The van der Waals surface area contributed by atoms with Crippen molar-refractivity contribution < 1.29 is 9.13 Å². The van der Waals surface area contributed by atoms with Crippen LogP contribution >= 0.6 is 0 Å². The Morgan fingerprint density at radius 3 is 2.55 bits per heavy atom. The number of nitrogens with two attached hydrogens (primary N) is 1. The first kappa shape index (κ1) is 21.6. The van der Waals surface area contributed by atoms with Gasteiger partial charge in [-0.1, -0.05) is 24.3 Å². The lowest BCUT2D eigenvalue weighted by molar-refractivity contribution is -0.0212. The molecule has 0 aliphatic carbocycles. The van der Waals surface area contributed by atoms with Crippen LogP contribution in [0.25, 0.3) is 0 Å². The molecule has 0 radical (unpaired) electrons. The molecule has 0 amide bonds. The number of halogens is 1. The van der Waals surface area contributed by atoms with E-state index in [-0.39, 0.29) is 5.82 Å². The maximum Gasteiger partial charge on any atom is 0.191 e. The van der Waals surface area contributed by atoms with E-state index in [1.54, 1.807) is 0 Å². The van der Waals surface area contributed by atoms with Gasteiger partial charge in [0.25, 0.3) is 0 Å². The third kappa shape index (κ3) is 5.95. The number of ether oxygens (including phenoxy) is 1. The smallest absolute Gasteiger partial charge is 0.191 e. The van der Waals surface area contributed by atoms with Crippen LogP contribution in [0.2, 0.25) is 0 Å². The lowest BCUT2D eigenvalue weighted by Gasteiger charge is -2.36. The summed E-state index contributed by atoms with van der Waals surface area (Å²) in [5.41, 5.74) is 9.81. The molecule has 2 heterocycles. The second kappa shape index (κ2) is 10.1. The number of rotatable bonds is 5. The van der Waals surface area contributed by atoms with Crippen molar-refractivity contribution in [1.29, 1.82) is 0 Å². The summed E-state index contributed by atoms with van der Waals surface area (Å²) in [6.45, 7) is 9.69. The standard InChI is InChI=1S/C24H32FN5O/c1-19-17-28(13-14-31-19)18-21-4-2-3-20(15-21)16-27-24(26)30-11-9-29(10-12-30)23-7-5-22(25)6-8-23/h2-8,15,19H,9-14,16-18H2,1H3,(H2,26,27). The summed E-state index contributed by atoms with van der Waals surface area (Å²) in [5.74, 6) is 0.383. The van der Waals surface area contributed by atoms with Gasteiger partial charge < -0.3 is 20.3 Å². The zero-order valence-corrected chi connectivity index (χ0v) is 18.2. The Kier molecular flexibility index (Phi) is 7.04. The van der Waals surface area contributed by atoms with Gasteiger partial charge >= 0.3 is 0 Å². The molecule has 0 spiro atoms. The first-order chi connectivity index (χ1) is 15.1. The molecule has 1 unspecified atom stereocenters. The van der Waals surface area contributed by atoms with Gasteiger partial charge in [-0.2, -0.15) is 0 Å². The van der Waals surface area contributed by atoms with Crippen LogP contribution in [0.4, 0.5) is 10.1 Å². The molecule has 2 saturated heterocycles. The Labute approximate surface area is 184 Å². The van der Waals surface area contributed by atoms with E-state index in [2.05, 4.69) is 50.9 Å². The van der Waals surface area contributed by atoms with Crippen LogP contribution in [-0.4, -0.2) is 67.7 Å². The predicted octanol–water partition coefficient (Wildman–Crippen LogP) is 2.68. The van der Waals surface area contributed by atoms with Gasteiger partial charge in [-0.05, 0) is 42.3 Å². The maximum atomic E-state index is 13.1. The maximum absolute atomic E-state index is 13.1. The van der Waals surface area contributed by atoms with Crippen molar-refractivity contribution in [1.82, 2.24) is 9.80 Å². The number of morpholine rings is 1. The van der Waals surface area contributed by atoms with Gasteiger partial charge in [-0.3, -0.25) is 4.90 Å². The molecule has 2 fully saturated rings. The van der Waals surface area contributed by atoms with E-state index in [1.165, 1.54) is 23.3 Å². The molecule has 2 N–H and O–H groups in total. The average molecular weight is 426 g/mol. The summed E-state index contributed by atoms with van der Waals surface area (Å²) >= 11 is 0. The highest BCUT2D eigenvalue weighted by molar-refractivity contribution is 5.78. The first-order valence-electron chi connectivity index (χ1n) is 11.0. The van der Waals surface area contributed by atoms with E-state index in [1.807, 2.05) is 12.1 Å². The Bertz CT molecular complexity index is 880. The molecule has 0 bridgehead atoms. The highest BCUT2D eigenvalue weighted by Gasteiger charge is 2.19. The number of benzene rings is 2. The molecule has 2 aliphatic heterocycles. The largest absolute Gasteiger partial charge is 0.376 e. The topological polar surface area (TPSA) is 57.3 Å². The number of nitrogens with zero attached hydrogens (tertiary/aromatic N) is 4. The highest BCUT2D eigenvalue weighted by Crippen LogP contribution is 2.17. The number of anilines is 1. The summed E-state index contributed by atoms with van der Waals surface area (Å²) in [6, 6.07) is 15.3. The Morgan fingerprint density at radius 1 is 1.06 bits per heavy atom. The quantitative estimate of drug-likeness (QED) is 0.590. The fourth-order valence-electron chi connectivity index (χ4n) is 4.24. The van der Waals surface area contributed by atoms with Gasteiger partial charge in [0, 0.05) is 51.5 Å². The molecule has 0 saturated carbocycles. The molecule has 31 heavy (non-hydrogen) atoms. The molecule has 4 rings (SSSR count). The van der Waals surface area contributed by atoms with Gasteiger partial charge in [0.2, 0.25) is 0 Å². The Balaban J connectivity index is 1.29. The molecule has 2 aliphatic rings. The lowest BCUT2D eigenvalue weighted by atomic mass is 10.1. The highest BCUT2D eigenvalue weighted by atomic mass is 19.1. The summed E-state index contributed by atoms with van der Waals surface area (Å²) in [6.07, 6.45) is 0.296. The number of hydrogen-bond donors (Lipinski definition) is 1. The molecule has 2 aromatic carbocycles. The zero-order chi connectivity index (χ0) is 21.6. The second-order valence-electron chi connectivity index (χ2n) is 8.36. The van der Waals surface area contributed by atoms with Crippen molar-refractivity contribution in [3.63, 3.8) is 0 Å². The van der Waals surface area contributed by atoms with E-state index in [0.717, 1.165) is 58.1 Å². The second-order valence-corrected chi connectivity index (χ2v) is 8.36. The Morgan fingerprint density at radius 2 is 1.81 bits per heavy atom. The Hall–Kier alpha value is -2.64. The van der Waals surface area contributed by atoms with Crippen molar-refractivity contribution in [3.8, 4) is 0 Å². The molecule has 2 aromatic rings. The lowest BCUT2D eigenvalue weighted by Crippen LogP contribution is -2.51. The third-order valence-corrected chi connectivity index (χ3v) is 5.94. The minimum Gasteiger partial charge on any atom is -0.376 e. The van der Waals surface area contributed by atoms with Crippen LogP contribution in [0.5, 0.6) is 0 Å². The van der Waals surface area contributed by atoms with Crippen molar-refractivity contribution >= 4 is 11.6 Å². The minimum absolute atomic E-state index is 0.206. The van der Waals surface area contributed by atoms with E-state index >= 15 is 0 Å². The fraction of sp³-hybridized carbons (Fsp3) is 0.458. The summed E-state index contributed by atoms with van der Waals surface area (Å²) in [4.78, 5) is 11.5. The number of piperazine rings is 1. The molecule has 6 nitrogen and oxygen atoms in total. The van der Waals surface area contributed by atoms with Crippen LogP contribution in [0.3, 0.4) is 0 Å². The molecule has 7 heteroatoms. The minimum atomic E-state index is -0.206. The average Bonchev–Trinajstić information content (AvgIpc) is 2.78. The normalized spacial score (nSPS) is 20.8. The summed E-state index contributed by atoms with van der Waals surface area (Å²) in [5, 5.41) is 0. The molecular weight excluding hydrogens is 393 g/mol. The van der Waals surface area contributed by atoms with Crippen molar-refractivity contribution in [2.24, 2.45) is 10.7 Å². The summed E-state index contributed by atoms with van der Waals surface area (Å²) in [7, 11) is 0. The van der Waals surface area contributed by atoms with Crippen LogP contribution in [0, 0.1) is 5.82 Å².